The topological polar surface area (TPSA) is 107 Å². The molecule has 0 atom stereocenters. The molecule has 158 valence electrons. The van der Waals surface area contributed by atoms with Gasteiger partial charge in [-0.2, -0.15) is 4.98 Å². The lowest BCUT2D eigenvalue weighted by Gasteiger charge is -2.34. The van der Waals surface area contributed by atoms with E-state index >= 15 is 0 Å². The number of fused-ring (bicyclic) bond motifs is 1. The summed E-state index contributed by atoms with van der Waals surface area (Å²) in [4.78, 5) is 48.0. The Morgan fingerprint density at radius 1 is 1.17 bits per heavy atom. The summed E-state index contributed by atoms with van der Waals surface area (Å²) < 4.78 is 0. The summed E-state index contributed by atoms with van der Waals surface area (Å²) in [5, 5.41) is 3.32. The number of hydrogen-bond acceptors (Lipinski definition) is 8. The Kier molecular flexibility index (Phi) is 5.47. The van der Waals surface area contributed by atoms with Crippen LogP contribution in [0.15, 0.2) is 18.6 Å². The fraction of sp³-hybridized carbons (Fsp3) is 0.500. The zero-order chi connectivity index (χ0) is 21.3. The molecule has 0 bridgehead atoms. The van der Waals surface area contributed by atoms with Gasteiger partial charge in [0.2, 0.25) is 11.9 Å². The lowest BCUT2D eigenvalue weighted by molar-refractivity contribution is -0.129. The third kappa shape index (κ3) is 3.89. The SMILES string of the molecule is CC(=O)N1CCN(c2nc(NCc3cnccn3)c3c(n2)C(=O)N(C(C)C)C3)CC1. The van der Waals surface area contributed by atoms with E-state index in [2.05, 4.69) is 20.3 Å². The predicted octanol–water partition coefficient (Wildman–Crippen LogP) is 0.911. The van der Waals surface area contributed by atoms with E-state index in [4.69, 9.17) is 4.98 Å². The van der Waals surface area contributed by atoms with E-state index in [-0.39, 0.29) is 17.9 Å². The van der Waals surface area contributed by atoms with Crippen LogP contribution in [0.1, 0.15) is 42.5 Å². The summed E-state index contributed by atoms with van der Waals surface area (Å²) in [5.74, 6) is 1.15. The average Bonchev–Trinajstić information content (AvgIpc) is 3.10. The van der Waals surface area contributed by atoms with Crippen LogP contribution >= 0.6 is 0 Å². The van der Waals surface area contributed by atoms with Gasteiger partial charge in [-0.05, 0) is 13.8 Å². The summed E-state index contributed by atoms with van der Waals surface area (Å²) >= 11 is 0. The number of carbonyl (C=O) groups excluding carboxylic acids is 2. The summed E-state index contributed by atoms with van der Waals surface area (Å²) in [6, 6.07) is 0.0714. The Morgan fingerprint density at radius 3 is 2.57 bits per heavy atom. The minimum atomic E-state index is -0.0754. The number of nitrogens with zero attached hydrogens (tertiary/aromatic N) is 7. The summed E-state index contributed by atoms with van der Waals surface area (Å²) in [6.45, 7) is 8.98. The van der Waals surface area contributed by atoms with Crippen LogP contribution in [0.25, 0.3) is 0 Å². The molecule has 2 aromatic heterocycles. The van der Waals surface area contributed by atoms with Crippen molar-refractivity contribution in [1.29, 1.82) is 0 Å². The van der Waals surface area contributed by atoms with Gasteiger partial charge in [0.1, 0.15) is 11.5 Å². The smallest absolute Gasteiger partial charge is 0.273 e. The predicted molar refractivity (Wildman–Crippen MR) is 111 cm³/mol. The number of piperazine rings is 1. The van der Waals surface area contributed by atoms with Crippen molar-refractivity contribution in [2.75, 3.05) is 36.4 Å². The van der Waals surface area contributed by atoms with E-state index in [0.717, 1.165) is 11.3 Å². The van der Waals surface area contributed by atoms with Gasteiger partial charge in [-0.1, -0.05) is 0 Å². The first-order chi connectivity index (χ1) is 14.4. The Labute approximate surface area is 175 Å². The minimum Gasteiger partial charge on any atom is -0.364 e. The van der Waals surface area contributed by atoms with E-state index in [1.165, 1.54) is 0 Å². The van der Waals surface area contributed by atoms with Crippen molar-refractivity contribution >= 4 is 23.6 Å². The second-order valence-corrected chi connectivity index (χ2v) is 7.77. The summed E-state index contributed by atoms with van der Waals surface area (Å²) in [7, 11) is 0. The molecule has 10 heteroatoms. The van der Waals surface area contributed by atoms with Crippen molar-refractivity contribution in [3.05, 3.63) is 35.5 Å². The van der Waals surface area contributed by atoms with Gasteiger partial charge in [-0.3, -0.25) is 19.6 Å². The molecule has 0 unspecified atom stereocenters. The van der Waals surface area contributed by atoms with E-state index in [9.17, 15) is 9.59 Å². The fourth-order valence-electron chi connectivity index (χ4n) is 3.70. The molecule has 4 heterocycles. The third-order valence-corrected chi connectivity index (χ3v) is 5.47. The molecule has 0 spiro atoms. The molecular formula is C20H26N8O2. The Hall–Kier alpha value is -3.30. The zero-order valence-corrected chi connectivity index (χ0v) is 17.5. The number of anilines is 2. The van der Waals surface area contributed by atoms with Gasteiger partial charge in [-0.25, -0.2) is 4.98 Å². The average molecular weight is 410 g/mol. The normalized spacial score (nSPS) is 16.3. The molecule has 0 radical (unpaired) electrons. The van der Waals surface area contributed by atoms with Crippen molar-refractivity contribution in [1.82, 2.24) is 29.7 Å². The van der Waals surface area contributed by atoms with Crippen LogP contribution in [0, 0.1) is 0 Å². The lowest BCUT2D eigenvalue weighted by Crippen LogP contribution is -2.48. The molecule has 30 heavy (non-hydrogen) atoms. The van der Waals surface area contributed by atoms with Crippen molar-refractivity contribution in [2.24, 2.45) is 0 Å². The van der Waals surface area contributed by atoms with Crippen LogP contribution in [-0.4, -0.2) is 73.8 Å². The Balaban J connectivity index is 1.62. The molecule has 10 nitrogen and oxygen atoms in total. The van der Waals surface area contributed by atoms with Crippen LogP contribution in [-0.2, 0) is 17.9 Å². The van der Waals surface area contributed by atoms with Gasteiger partial charge in [0, 0.05) is 57.1 Å². The lowest BCUT2D eigenvalue weighted by atomic mass is 10.2. The zero-order valence-electron chi connectivity index (χ0n) is 17.5. The highest BCUT2D eigenvalue weighted by Gasteiger charge is 2.35. The van der Waals surface area contributed by atoms with Crippen molar-refractivity contribution in [2.45, 2.75) is 39.9 Å². The largest absolute Gasteiger partial charge is 0.364 e. The summed E-state index contributed by atoms with van der Waals surface area (Å²) in [5.41, 5.74) is 2.04. The molecular weight excluding hydrogens is 384 g/mol. The maximum atomic E-state index is 13.0. The van der Waals surface area contributed by atoms with E-state index in [0.29, 0.717) is 56.7 Å². The molecule has 2 aliphatic heterocycles. The van der Waals surface area contributed by atoms with Gasteiger partial charge >= 0.3 is 0 Å². The number of aromatic nitrogens is 4. The molecule has 2 aliphatic rings. The molecule has 0 aromatic carbocycles. The second kappa shape index (κ2) is 8.21. The molecule has 1 fully saturated rings. The van der Waals surface area contributed by atoms with Gasteiger partial charge in [0.25, 0.3) is 5.91 Å². The van der Waals surface area contributed by atoms with Crippen LogP contribution in [0.2, 0.25) is 0 Å². The van der Waals surface area contributed by atoms with Crippen LogP contribution in [0.5, 0.6) is 0 Å². The highest BCUT2D eigenvalue weighted by molar-refractivity contribution is 5.98. The Bertz CT molecular complexity index is 941. The molecule has 0 aliphatic carbocycles. The fourth-order valence-corrected chi connectivity index (χ4v) is 3.70. The highest BCUT2D eigenvalue weighted by Crippen LogP contribution is 2.30. The monoisotopic (exact) mass is 410 g/mol. The first kappa shape index (κ1) is 20.0. The summed E-state index contributed by atoms with van der Waals surface area (Å²) in [6.07, 6.45) is 4.97. The van der Waals surface area contributed by atoms with E-state index in [1.54, 1.807) is 30.4 Å². The second-order valence-electron chi connectivity index (χ2n) is 7.77. The van der Waals surface area contributed by atoms with Crippen molar-refractivity contribution < 1.29 is 9.59 Å². The molecule has 2 aromatic rings. The Morgan fingerprint density at radius 2 is 1.93 bits per heavy atom. The molecule has 1 N–H and O–H groups in total. The molecule has 1 saturated heterocycles. The minimum absolute atomic E-state index is 0.0681. The molecule has 0 saturated carbocycles. The van der Waals surface area contributed by atoms with E-state index < -0.39 is 0 Å². The van der Waals surface area contributed by atoms with Gasteiger partial charge in [0.15, 0.2) is 0 Å². The first-order valence-electron chi connectivity index (χ1n) is 10.1. The molecule has 2 amide bonds. The van der Waals surface area contributed by atoms with E-state index in [1.807, 2.05) is 23.6 Å². The van der Waals surface area contributed by atoms with Crippen molar-refractivity contribution in [3.8, 4) is 0 Å². The van der Waals surface area contributed by atoms with Crippen LogP contribution < -0.4 is 10.2 Å². The van der Waals surface area contributed by atoms with Crippen molar-refractivity contribution in [3.63, 3.8) is 0 Å². The number of rotatable bonds is 5. The highest BCUT2D eigenvalue weighted by atomic mass is 16.2. The quantitative estimate of drug-likeness (QED) is 0.775. The number of amides is 2. The van der Waals surface area contributed by atoms with Gasteiger partial charge in [-0.15, -0.1) is 0 Å². The maximum absolute atomic E-state index is 13.0. The number of hydrogen-bond donors (Lipinski definition) is 1. The third-order valence-electron chi connectivity index (χ3n) is 5.47. The number of carbonyl (C=O) groups is 2. The first-order valence-corrected chi connectivity index (χ1v) is 10.1. The van der Waals surface area contributed by atoms with Gasteiger partial charge in [0.05, 0.1) is 25.0 Å². The van der Waals surface area contributed by atoms with Crippen LogP contribution in [0.4, 0.5) is 11.8 Å². The maximum Gasteiger partial charge on any atom is 0.273 e. The standard InChI is InChI=1S/C20H26N8O2/c1-13(2)28-12-16-17(19(28)30)24-20(27-8-6-26(7-9-27)14(3)29)25-18(16)23-11-15-10-21-4-5-22-15/h4-5,10,13H,6-9,11-12H2,1-3H3,(H,23,24,25). The van der Waals surface area contributed by atoms with Gasteiger partial charge < -0.3 is 20.0 Å². The van der Waals surface area contributed by atoms with Crippen LogP contribution in [0.3, 0.4) is 0 Å². The number of nitrogens with one attached hydrogen (secondary N) is 1. The molecule has 4 rings (SSSR count).